The van der Waals surface area contributed by atoms with Crippen LogP contribution in [0.2, 0.25) is 0 Å². The van der Waals surface area contributed by atoms with E-state index in [4.69, 9.17) is 4.74 Å². The number of nitrogens with zero attached hydrogens (tertiary/aromatic N) is 1. The van der Waals surface area contributed by atoms with E-state index >= 15 is 0 Å². The van der Waals surface area contributed by atoms with Crippen LogP contribution in [0.15, 0.2) is 53.4 Å². The molecule has 3 rings (SSSR count). The number of anilines is 1. The van der Waals surface area contributed by atoms with Crippen molar-refractivity contribution in [3.63, 3.8) is 0 Å². The third kappa shape index (κ3) is 4.08. The standard InChI is InChI=1S/C20H24N2O4S/c1-14(2)12-21-20(23)19-13-22(17-6-4-5-7-18(17)26-19)27(24,25)16-10-8-15(3)9-11-16/h4-11,14,19H,12-13H2,1-3H3,(H,21,23). The fraction of sp³-hybridized carbons (Fsp3) is 0.350. The van der Waals surface area contributed by atoms with Crippen LogP contribution in [0, 0.1) is 12.8 Å². The lowest BCUT2D eigenvalue weighted by molar-refractivity contribution is -0.127. The molecule has 1 heterocycles. The minimum Gasteiger partial charge on any atom is -0.476 e. The van der Waals surface area contributed by atoms with Crippen LogP contribution >= 0.6 is 0 Å². The van der Waals surface area contributed by atoms with Crippen LogP contribution in [0.3, 0.4) is 0 Å². The van der Waals surface area contributed by atoms with Crippen LogP contribution in [-0.4, -0.2) is 33.5 Å². The van der Waals surface area contributed by atoms with E-state index in [-0.39, 0.29) is 23.3 Å². The van der Waals surface area contributed by atoms with Gasteiger partial charge in [0.2, 0.25) is 0 Å². The predicted molar refractivity (Wildman–Crippen MR) is 104 cm³/mol. The first kappa shape index (κ1) is 19.2. The highest BCUT2D eigenvalue weighted by Gasteiger charge is 2.37. The molecule has 1 N–H and O–H groups in total. The quantitative estimate of drug-likeness (QED) is 0.855. The van der Waals surface area contributed by atoms with Crippen molar-refractivity contribution in [1.29, 1.82) is 0 Å². The van der Waals surface area contributed by atoms with Crippen LogP contribution < -0.4 is 14.4 Å². The smallest absolute Gasteiger partial charge is 0.264 e. The number of hydrogen-bond donors (Lipinski definition) is 1. The van der Waals surface area contributed by atoms with Crippen molar-refractivity contribution in [3.05, 3.63) is 54.1 Å². The van der Waals surface area contributed by atoms with Gasteiger partial charge in [-0.3, -0.25) is 9.10 Å². The van der Waals surface area contributed by atoms with Gasteiger partial charge < -0.3 is 10.1 Å². The Morgan fingerprint density at radius 2 is 1.85 bits per heavy atom. The number of fused-ring (bicyclic) bond motifs is 1. The number of carbonyl (C=O) groups is 1. The Bertz CT molecular complexity index is 923. The molecule has 1 atom stereocenters. The number of benzene rings is 2. The van der Waals surface area contributed by atoms with Gasteiger partial charge in [0.25, 0.3) is 15.9 Å². The van der Waals surface area contributed by atoms with Crippen LogP contribution in [0.4, 0.5) is 5.69 Å². The van der Waals surface area contributed by atoms with Crippen molar-refractivity contribution >= 4 is 21.6 Å². The minimum atomic E-state index is -3.82. The number of para-hydroxylation sites is 2. The van der Waals surface area contributed by atoms with Crippen molar-refractivity contribution in [2.45, 2.75) is 31.8 Å². The molecule has 1 unspecified atom stereocenters. The molecule has 0 bridgehead atoms. The van der Waals surface area contributed by atoms with Gasteiger partial charge in [0, 0.05) is 6.54 Å². The molecule has 144 valence electrons. The van der Waals surface area contributed by atoms with Crippen molar-refractivity contribution in [1.82, 2.24) is 5.32 Å². The third-order valence-electron chi connectivity index (χ3n) is 4.32. The summed E-state index contributed by atoms with van der Waals surface area (Å²) in [6.07, 6.45) is -0.904. The normalized spacial score (nSPS) is 16.6. The average Bonchev–Trinajstić information content (AvgIpc) is 2.65. The van der Waals surface area contributed by atoms with Gasteiger partial charge in [-0.25, -0.2) is 8.42 Å². The van der Waals surface area contributed by atoms with Crippen LogP contribution in [-0.2, 0) is 14.8 Å². The molecule has 6 nitrogen and oxygen atoms in total. The summed E-state index contributed by atoms with van der Waals surface area (Å²) < 4.78 is 33.5. The van der Waals surface area contributed by atoms with E-state index in [0.717, 1.165) is 5.56 Å². The molecule has 7 heteroatoms. The van der Waals surface area contributed by atoms with Crippen LogP contribution in [0.1, 0.15) is 19.4 Å². The summed E-state index contributed by atoms with van der Waals surface area (Å²) in [7, 11) is -3.82. The number of rotatable bonds is 5. The molecule has 0 radical (unpaired) electrons. The van der Waals surface area contributed by atoms with E-state index < -0.39 is 16.1 Å². The number of ether oxygens (including phenoxy) is 1. The molecule has 27 heavy (non-hydrogen) atoms. The van der Waals surface area contributed by atoms with Crippen molar-refractivity contribution in [3.8, 4) is 5.75 Å². The lowest BCUT2D eigenvalue weighted by Gasteiger charge is -2.34. The van der Waals surface area contributed by atoms with E-state index in [1.165, 1.54) is 4.31 Å². The molecule has 1 amide bonds. The van der Waals surface area contributed by atoms with Gasteiger partial charge >= 0.3 is 0 Å². The SMILES string of the molecule is Cc1ccc(S(=O)(=O)N2CC(C(=O)NCC(C)C)Oc3ccccc32)cc1. The Hall–Kier alpha value is -2.54. The average molecular weight is 388 g/mol. The largest absolute Gasteiger partial charge is 0.476 e. The molecule has 0 spiro atoms. The number of hydrogen-bond acceptors (Lipinski definition) is 4. The second-order valence-electron chi connectivity index (χ2n) is 7.06. The number of amides is 1. The third-order valence-corrected chi connectivity index (χ3v) is 6.11. The van der Waals surface area contributed by atoms with Gasteiger partial charge in [-0.1, -0.05) is 43.7 Å². The summed E-state index contributed by atoms with van der Waals surface area (Å²) in [6, 6.07) is 13.5. The summed E-state index contributed by atoms with van der Waals surface area (Å²) in [4.78, 5) is 12.7. The highest BCUT2D eigenvalue weighted by Crippen LogP contribution is 2.36. The Kier molecular flexibility index (Phi) is 5.41. The van der Waals surface area contributed by atoms with Crippen molar-refractivity contribution in [2.24, 2.45) is 5.92 Å². The monoisotopic (exact) mass is 388 g/mol. The Labute approximate surface area is 160 Å². The van der Waals surface area contributed by atoms with E-state index in [0.29, 0.717) is 18.0 Å². The molecule has 0 saturated heterocycles. The van der Waals surface area contributed by atoms with E-state index in [9.17, 15) is 13.2 Å². The zero-order valence-electron chi connectivity index (χ0n) is 15.7. The molecular weight excluding hydrogens is 364 g/mol. The Morgan fingerprint density at radius 3 is 2.52 bits per heavy atom. The maximum absolute atomic E-state index is 13.2. The first-order valence-corrected chi connectivity index (χ1v) is 10.4. The zero-order chi connectivity index (χ0) is 19.6. The minimum absolute atomic E-state index is 0.0723. The summed E-state index contributed by atoms with van der Waals surface area (Å²) in [5.41, 5.74) is 1.41. The lowest BCUT2D eigenvalue weighted by Crippen LogP contribution is -2.51. The number of sulfonamides is 1. The van der Waals surface area contributed by atoms with Gasteiger partial charge in [-0.2, -0.15) is 0 Å². The highest BCUT2D eigenvalue weighted by atomic mass is 32.2. The lowest BCUT2D eigenvalue weighted by atomic mass is 10.2. The van der Waals surface area contributed by atoms with Crippen LogP contribution in [0.5, 0.6) is 5.75 Å². The first-order chi connectivity index (χ1) is 12.8. The van der Waals surface area contributed by atoms with Crippen LogP contribution in [0.25, 0.3) is 0 Å². The van der Waals surface area contributed by atoms with E-state index in [1.807, 2.05) is 20.8 Å². The zero-order valence-corrected chi connectivity index (χ0v) is 16.5. The van der Waals surface area contributed by atoms with Crippen molar-refractivity contribution < 1.29 is 17.9 Å². The Balaban J connectivity index is 1.95. The van der Waals surface area contributed by atoms with E-state index in [1.54, 1.807) is 48.5 Å². The number of nitrogens with one attached hydrogen (secondary N) is 1. The molecule has 0 aromatic heterocycles. The second kappa shape index (κ2) is 7.60. The van der Waals surface area contributed by atoms with Gasteiger partial charge in [-0.05, 0) is 37.1 Å². The van der Waals surface area contributed by atoms with Gasteiger partial charge in [0.1, 0.15) is 5.75 Å². The maximum atomic E-state index is 13.2. The first-order valence-electron chi connectivity index (χ1n) is 8.92. The molecule has 2 aromatic rings. The van der Waals surface area contributed by atoms with E-state index in [2.05, 4.69) is 5.32 Å². The maximum Gasteiger partial charge on any atom is 0.264 e. The molecule has 2 aromatic carbocycles. The number of carbonyl (C=O) groups excluding carboxylic acids is 1. The molecular formula is C20H24N2O4S. The predicted octanol–water partition coefficient (Wildman–Crippen LogP) is 2.72. The molecule has 1 aliphatic rings. The molecule has 1 aliphatic heterocycles. The molecule has 0 saturated carbocycles. The summed E-state index contributed by atoms with van der Waals surface area (Å²) >= 11 is 0. The van der Waals surface area contributed by atoms with Gasteiger partial charge in [0.15, 0.2) is 6.10 Å². The van der Waals surface area contributed by atoms with Crippen molar-refractivity contribution in [2.75, 3.05) is 17.4 Å². The Morgan fingerprint density at radius 1 is 1.19 bits per heavy atom. The summed E-state index contributed by atoms with van der Waals surface area (Å²) in [5.74, 6) is 0.351. The topological polar surface area (TPSA) is 75.7 Å². The van der Waals surface area contributed by atoms with Gasteiger partial charge in [0.05, 0.1) is 17.1 Å². The molecule has 0 aliphatic carbocycles. The summed E-state index contributed by atoms with van der Waals surface area (Å²) in [5, 5.41) is 2.82. The number of aryl methyl sites for hydroxylation is 1. The summed E-state index contributed by atoms with van der Waals surface area (Å²) in [6.45, 7) is 6.31. The highest BCUT2D eigenvalue weighted by molar-refractivity contribution is 7.92. The fourth-order valence-corrected chi connectivity index (χ4v) is 4.30. The fourth-order valence-electron chi connectivity index (χ4n) is 2.82. The second-order valence-corrected chi connectivity index (χ2v) is 8.92. The molecule has 0 fully saturated rings. The van der Waals surface area contributed by atoms with Gasteiger partial charge in [-0.15, -0.1) is 0 Å².